The molecule has 0 saturated carbocycles. The third-order valence-corrected chi connectivity index (χ3v) is 5.41. The van der Waals surface area contributed by atoms with Gasteiger partial charge < -0.3 is 29.8 Å². The van der Waals surface area contributed by atoms with Gasteiger partial charge in [0, 0.05) is 5.56 Å². The average molecular weight is 452 g/mol. The zero-order valence-corrected chi connectivity index (χ0v) is 17.7. The van der Waals surface area contributed by atoms with E-state index in [0.29, 0.717) is 22.6 Å². The first-order valence-corrected chi connectivity index (χ1v) is 9.92. The highest BCUT2D eigenvalue weighted by molar-refractivity contribution is 5.76. The molecule has 0 radical (unpaired) electrons. The van der Waals surface area contributed by atoms with Crippen LogP contribution in [0.3, 0.4) is 0 Å². The Morgan fingerprint density at radius 2 is 1.79 bits per heavy atom. The Morgan fingerprint density at radius 3 is 2.52 bits per heavy atom. The summed E-state index contributed by atoms with van der Waals surface area (Å²) in [6.45, 7) is 0.154. The number of fused-ring (bicyclic) bond motifs is 1. The molecule has 3 N–H and O–H groups in total. The second kappa shape index (κ2) is 9.07. The summed E-state index contributed by atoms with van der Waals surface area (Å²) in [7, 11) is 1.45. The van der Waals surface area contributed by atoms with Crippen LogP contribution in [0, 0.1) is 5.82 Å². The molecule has 8 nitrogen and oxygen atoms in total. The van der Waals surface area contributed by atoms with Crippen molar-refractivity contribution in [3.8, 4) is 28.4 Å². The molecule has 3 aromatic rings. The number of hydrogen-bond donors (Lipinski definition) is 2. The second-order valence-corrected chi connectivity index (χ2v) is 7.18. The highest BCUT2D eigenvalue weighted by Crippen LogP contribution is 2.43. The molecule has 2 aliphatic rings. The maximum absolute atomic E-state index is 14.9. The van der Waals surface area contributed by atoms with Crippen LogP contribution in [0.2, 0.25) is 0 Å². The third kappa shape index (κ3) is 4.00. The first-order valence-electron chi connectivity index (χ1n) is 9.92. The fourth-order valence-electron chi connectivity index (χ4n) is 3.88. The highest BCUT2D eigenvalue weighted by Gasteiger charge is 2.41. The van der Waals surface area contributed by atoms with E-state index in [9.17, 15) is 4.39 Å². The summed E-state index contributed by atoms with van der Waals surface area (Å²) in [5.74, 6) is 1.09. The highest BCUT2D eigenvalue weighted by atomic mass is 19.1. The van der Waals surface area contributed by atoms with Gasteiger partial charge in [0.25, 0.3) is 12.5 Å². The zero-order chi connectivity index (χ0) is 23.4. The minimum Gasteiger partial charge on any atom is -0.494 e. The van der Waals surface area contributed by atoms with Crippen molar-refractivity contribution in [3.05, 3.63) is 77.6 Å². The van der Waals surface area contributed by atoms with Crippen molar-refractivity contribution in [3.63, 3.8) is 0 Å². The third-order valence-electron chi connectivity index (χ3n) is 5.41. The van der Waals surface area contributed by atoms with Gasteiger partial charge in [0.1, 0.15) is 6.61 Å². The van der Waals surface area contributed by atoms with Crippen LogP contribution in [-0.4, -0.2) is 38.1 Å². The second-order valence-electron chi connectivity index (χ2n) is 7.18. The van der Waals surface area contributed by atoms with Crippen molar-refractivity contribution in [2.24, 2.45) is 10.7 Å². The monoisotopic (exact) mass is 452 g/mol. The standard InChI is InChI=1S/C23H19FN2O4.CH2O2/c1-27-19-7-3-6-17(21(19)24)14-4-2-5-15(10-14)23(12-28-22(25)26-23)16-8-9-18-20(11-16)30-13-29-18;2-1-3/h2-11H,12-13H2,1H3,(H2,25,26);1H,(H,2,3). The number of amidine groups is 1. The molecule has 1 atom stereocenters. The van der Waals surface area contributed by atoms with Gasteiger partial charge in [0.05, 0.1) is 7.11 Å². The summed E-state index contributed by atoms with van der Waals surface area (Å²) < 4.78 is 36.5. The number of nitrogens with two attached hydrogens (primary N) is 1. The molecule has 0 amide bonds. The number of halogens is 1. The summed E-state index contributed by atoms with van der Waals surface area (Å²) in [6.07, 6.45) is 0. The Labute approximate surface area is 189 Å². The molecule has 5 rings (SSSR count). The van der Waals surface area contributed by atoms with Crippen molar-refractivity contribution in [1.29, 1.82) is 0 Å². The first kappa shape index (κ1) is 21.9. The number of ether oxygens (including phenoxy) is 4. The van der Waals surface area contributed by atoms with Gasteiger partial charge in [-0.15, -0.1) is 0 Å². The summed E-state index contributed by atoms with van der Waals surface area (Å²) in [5.41, 5.74) is 7.83. The molecule has 0 saturated heterocycles. The maximum Gasteiger partial charge on any atom is 0.290 e. The minimum atomic E-state index is -0.879. The van der Waals surface area contributed by atoms with E-state index in [1.807, 2.05) is 42.5 Å². The van der Waals surface area contributed by atoms with Crippen LogP contribution < -0.4 is 19.9 Å². The Hall–Kier alpha value is -4.27. The van der Waals surface area contributed by atoms with Gasteiger partial charge in [0.15, 0.2) is 28.6 Å². The van der Waals surface area contributed by atoms with Crippen LogP contribution in [0.25, 0.3) is 11.1 Å². The van der Waals surface area contributed by atoms with E-state index in [1.54, 1.807) is 18.2 Å². The lowest BCUT2D eigenvalue weighted by molar-refractivity contribution is -0.122. The number of aliphatic imine (C=N–C) groups is 1. The van der Waals surface area contributed by atoms with E-state index in [-0.39, 0.29) is 31.6 Å². The van der Waals surface area contributed by atoms with Gasteiger partial charge in [0.2, 0.25) is 6.79 Å². The topological polar surface area (TPSA) is 113 Å². The predicted octanol–water partition coefficient (Wildman–Crippen LogP) is 3.52. The molecule has 0 fully saturated rings. The number of methoxy groups -OCH3 is 1. The van der Waals surface area contributed by atoms with Gasteiger partial charge in [-0.1, -0.05) is 36.4 Å². The van der Waals surface area contributed by atoms with Crippen LogP contribution >= 0.6 is 0 Å². The smallest absolute Gasteiger partial charge is 0.290 e. The quantitative estimate of drug-likeness (QED) is 0.583. The minimum absolute atomic E-state index is 0.102. The van der Waals surface area contributed by atoms with Crippen LogP contribution in [0.4, 0.5) is 4.39 Å². The molecule has 170 valence electrons. The largest absolute Gasteiger partial charge is 0.494 e. The van der Waals surface area contributed by atoms with Crippen LogP contribution in [0.15, 0.2) is 65.7 Å². The number of hydrogen-bond acceptors (Lipinski definition) is 7. The Bertz CT molecular complexity index is 1220. The summed E-state index contributed by atoms with van der Waals surface area (Å²) in [4.78, 5) is 13.0. The fraction of sp³-hybridized carbons (Fsp3) is 0.167. The van der Waals surface area contributed by atoms with Crippen LogP contribution in [0.5, 0.6) is 17.2 Å². The van der Waals surface area contributed by atoms with Crippen LogP contribution in [0.1, 0.15) is 11.1 Å². The molecule has 0 spiro atoms. The van der Waals surface area contributed by atoms with Gasteiger partial charge in [-0.2, -0.15) is 0 Å². The Balaban J connectivity index is 0.000000821. The van der Waals surface area contributed by atoms with Crippen molar-refractivity contribution in [1.82, 2.24) is 0 Å². The SMILES string of the molecule is COc1cccc(-c2cccc(C3(c4ccc5c(c4)OCO5)COC(N)=N3)c2)c1F.O=CO. The fourth-order valence-corrected chi connectivity index (χ4v) is 3.88. The molecule has 0 bridgehead atoms. The zero-order valence-electron chi connectivity index (χ0n) is 17.7. The first-order chi connectivity index (χ1) is 16.0. The molecule has 2 aliphatic heterocycles. The number of rotatable bonds is 4. The molecule has 2 heterocycles. The van der Waals surface area contributed by atoms with Gasteiger partial charge >= 0.3 is 0 Å². The van der Waals surface area contributed by atoms with Gasteiger partial charge in [-0.3, -0.25) is 4.79 Å². The summed E-state index contributed by atoms with van der Waals surface area (Å²) >= 11 is 0. The number of carbonyl (C=O) groups is 1. The van der Waals surface area contributed by atoms with E-state index < -0.39 is 11.4 Å². The maximum atomic E-state index is 14.9. The summed E-state index contributed by atoms with van der Waals surface area (Å²) in [5, 5.41) is 6.89. The number of benzene rings is 3. The van der Waals surface area contributed by atoms with E-state index in [1.165, 1.54) is 7.11 Å². The molecule has 33 heavy (non-hydrogen) atoms. The molecule has 3 aromatic carbocycles. The molecule has 0 aromatic heterocycles. The molecule has 9 heteroatoms. The molecule has 1 unspecified atom stereocenters. The van der Waals surface area contributed by atoms with Crippen molar-refractivity contribution in [2.75, 3.05) is 20.5 Å². The Kier molecular flexibility index (Phi) is 6.03. The molecular weight excluding hydrogens is 431 g/mol. The lowest BCUT2D eigenvalue weighted by atomic mass is 9.83. The van der Waals surface area contributed by atoms with Crippen molar-refractivity contribution < 1.29 is 33.2 Å². The van der Waals surface area contributed by atoms with Gasteiger partial charge in [-0.25, -0.2) is 9.38 Å². The van der Waals surface area contributed by atoms with E-state index >= 15 is 0 Å². The van der Waals surface area contributed by atoms with Crippen molar-refractivity contribution >= 4 is 12.5 Å². The molecular formula is C24H21FN2O6. The lowest BCUT2D eigenvalue weighted by Crippen LogP contribution is -2.27. The molecule has 0 aliphatic carbocycles. The number of nitrogens with zero attached hydrogens (tertiary/aromatic N) is 1. The van der Waals surface area contributed by atoms with Gasteiger partial charge in [-0.05, 0) is 41.0 Å². The average Bonchev–Trinajstić information content (AvgIpc) is 3.46. The predicted molar refractivity (Wildman–Crippen MR) is 118 cm³/mol. The van der Waals surface area contributed by atoms with E-state index in [4.69, 9.17) is 34.6 Å². The van der Waals surface area contributed by atoms with Crippen LogP contribution in [-0.2, 0) is 15.1 Å². The normalized spacial score (nSPS) is 17.9. The van der Waals surface area contributed by atoms with E-state index in [0.717, 1.165) is 11.1 Å². The van der Waals surface area contributed by atoms with E-state index in [2.05, 4.69) is 4.99 Å². The number of carboxylic acid groups (broad SMARTS) is 1. The van der Waals surface area contributed by atoms with Crippen molar-refractivity contribution in [2.45, 2.75) is 5.54 Å². The summed E-state index contributed by atoms with van der Waals surface area (Å²) in [6, 6.07) is 18.3. The Morgan fingerprint density at radius 1 is 1.06 bits per heavy atom. The lowest BCUT2D eigenvalue weighted by Gasteiger charge is -2.26.